The highest BCUT2D eigenvalue weighted by molar-refractivity contribution is 14.0. The molecule has 29 heavy (non-hydrogen) atoms. The highest BCUT2D eigenvalue weighted by Crippen LogP contribution is 2.17. The van der Waals surface area contributed by atoms with Crippen LogP contribution in [0.2, 0.25) is 0 Å². The van der Waals surface area contributed by atoms with E-state index in [9.17, 15) is 4.39 Å². The quantitative estimate of drug-likeness (QED) is 0.247. The lowest BCUT2D eigenvalue weighted by Crippen LogP contribution is -2.52. The summed E-state index contributed by atoms with van der Waals surface area (Å²) in [5, 5.41) is 3.40. The van der Waals surface area contributed by atoms with Gasteiger partial charge in [-0.05, 0) is 50.5 Å². The smallest absolute Gasteiger partial charge is 0.194 e. The van der Waals surface area contributed by atoms with Crippen molar-refractivity contribution in [1.82, 2.24) is 10.2 Å². The third-order valence-electron chi connectivity index (χ3n) is 5.14. The fraction of sp³-hybridized carbons (Fsp3) is 0.667. The molecule has 0 saturated carbocycles. The second-order valence-corrected chi connectivity index (χ2v) is 7.25. The molecule has 8 heteroatoms. The van der Waals surface area contributed by atoms with Gasteiger partial charge < -0.3 is 24.6 Å². The number of ether oxygens (including phenoxy) is 2. The zero-order chi connectivity index (χ0) is 19.6. The van der Waals surface area contributed by atoms with Crippen LogP contribution in [0.3, 0.4) is 0 Å². The lowest BCUT2D eigenvalue weighted by molar-refractivity contribution is 0.0170. The summed E-state index contributed by atoms with van der Waals surface area (Å²) >= 11 is 0. The summed E-state index contributed by atoms with van der Waals surface area (Å²) in [7, 11) is 0. The molecule has 0 aromatic heterocycles. The molecule has 1 atom stereocenters. The molecule has 0 bridgehead atoms. The van der Waals surface area contributed by atoms with Gasteiger partial charge in [0.05, 0.1) is 12.7 Å². The topological polar surface area (TPSA) is 49.3 Å². The molecule has 2 heterocycles. The highest BCUT2D eigenvalue weighted by atomic mass is 127. The standard InChI is InChI=1S/C21H33FN4O2.HI/c1-2-23-21(24-10-4-15-27-17-20-5-3-16-28-20)26-13-11-25(12-14-26)19-8-6-18(22)7-9-19;/h6-9,20H,2-5,10-17H2,1H3,(H,23,24);1H. The first-order valence-corrected chi connectivity index (χ1v) is 10.5. The molecule has 2 aliphatic heterocycles. The van der Waals surface area contributed by atoms with Crippen LogP contribution in [0.1, 0.15) is 26.2 Å². The first-order valence-electron chi connectivity index (χ1n) is 10.5. The Labute approximate surface area is 190 Å². The van der Waals surface area contributed by atoms with E-state index < -0.39 is 0 Å². The molecule has 2 aliphatic rings. The predicted octanol–water partition coefficient (Wildman–Crippen LogP) is 3.12. The Balaban J connectivity index is 0.00000300. The zero-order valence-electron chi connectivity index (χ0n) is 17.3. The summed E-state index contributed by atoms with van der Waals surface area (Å²) in [5.41, 5.74) is 1.08. The number of nitrogens with one attached hydrogen (secondary N) is 1. The maximum atomic E-state index is 13.1. The van der Waals surface area contributed by atoms with Crippen molar-refractivity contribution in [2.45, 2.75) is 32.3 Å². The van der Waals surface area contributed by atoms with Gasteiger partial charge in [-0.3, -0.25) is 4.99 Å². The van der Waals surface area contributed by atoms with Crippen LogP contribution in [0.5, 0.6) is 0 Å². The number of anilines is 1. The van der Waals surface area contributed by atoms with Gasteiger partial charge in [0.25, 0.3) is 0 Å². The summed E-state index contributed by atoms with van der Waals surface area (Å²) in [4.78, 5) is 9.36. The fourth-order valence-corrected chi connectivity index (χ4v) is 3.60. The summed E-state index contributed by atoms with van der Waals surface area (Å²) in [5.74, 6) is 0.782. The minimum Gasteiger partial charge on any atom is -0.379 e. The molecule has 164 valence electrons. The molecular formula is C21H34FIN4O2. The second-order valence-electron chi connectivity index (χ2n) is 7.25. The van der Waals surface area contributed by atoms with Gasteiger partial charge in [-0.25, -0.2) is 4.39 Å². The van der Waals surface area contributed by atoms with Crippen molar-refractivity contribution in [3.05, 3.63) is 30.1 Å². The number of nitrogens with zero attached hydrogens (tertiary/aromatic N) is 3. The lowest BCUT2D eigenvalue weighted by Gasteiger charge is -2.37. The summed E-state index contributed by atoms with van der Waals surface area (Å²) in [6.07, 6.45) is 3.47. The highest BCUT2D eigenvalue weighted by Gasteiger charge is 2.20. The number of halogens is 2. The van der Waals surface area contributed by atoms with Crippen LogP contribution in [0, 0.1) is 5.82 Å². The van der Waals surface area contributed by atoms with Gasteiger partial charge in [-0.2, -0.15) is 0 Å². The van der Waals surface area contributed by atoms with Gasteiger partial charge in [0.2, 0.25) is 0 Å². The molecule has 0 aliphatic carbocycles. The van der Waals surface area contributed by atoms with Crippen molar-refractivity contribution in [1.29, 1.82) is 0 Å². The van der Waals surface area contributed by atoms with E-state index in [1.807, 2.05) is 12.1 Å². The fourth-order valence-electron chi connectivity index (χ4n) is 3.60. The number of aliphatic imine (C=N–C) groups is 1. The number of hydrogen-bond donors (Lipinski definition) is 1. The van der Waals surface area contributed by atoms with Gasteiger partial charge in [0.1, 0.15) is 5.82 Å². The first kappa shape index (κ1) is 24.1. The Morgan fingerprint density at radius 1 is 1.24 bits per heavy atom. The molecule has 2 saturated heterocycles. The third kappa shape index (κ3) is 7.90. The molecule has 2 fully saturated rings. The molecule has 1 unspecified atom stereocenters. The molecule has 1 aromatic rings. The molecule has 0 amide bonds. The van der Waals surface area contributed by atoms with Crippen LogP contribution >= 0.6 is 24.0 Å². The number of guanidine groups is 1. The van der Waals surface area contributed by atoms with Crippen molar-refractivity contribution >= 4 is 35.6 Å². The SMILES string of the molecule is CCNC(=NCCCOCC1CCCO1)N1CCN(c2ccc(F)cc2)CC1.I. The van der Waals surface area contributed by atoms with Crippen LogP contribution in [-0.4, -0.2) is 76.1 Å². The average molecular weight is 520 g/mol. The van der Waals surface area contributed by atoms with Crippen molar-refractivity contribution in [2.75, 3.05) is 64.0 Å². The van der Waals surface area contributed by atoms with Gasteiger partial charge in [0.15, 0.2) is 5.96 Å². The van der Waals surface area contributed by atoms with E-state index in [0.717, 1.165) is 83.4 Å². The molecule has 0 radical (unpaired) electrons. The molecular weight excluding hydrogens is 486 g/mol. The maximum Gasteiger partial charge on any atom is 0.194 e. The van der Waals surface area contributed by atoms with Crippen molar-refractivity contribution < 1.29 is 13.9 Å². The van der Waals surface area contributed by atoms with E-state index in [1.165, 1.54) is 12.1 Å². The van der Waals surface area contributed by atoms with Gasteiger partial charge in [-0.15, -0.1) is 24.0 Å². The number of benzene rings is 1. The van der Waals surface area contributed by atoms with Gasteiger partial charge in [0, 0.05) is 58.2 Å². The second kappa shape index (κ2) is 13.2. The Bertz CT molecular complexity index is 603. The Morgan fingerprint density at radius 3 is 2.66 bits per heavy atom. The monoisotopic (exact) mass is 520 g/mol. The van der Waals surface area contributed by atoms with Crippen LogP contribution in [-0.2, 0) is 9.47 Å². The minimum absolute atomic E-state index is 0. The van der Waals surface area contributed by atoms with Crippen LogP contribution in [0.25, 0.3) is 0 Å². The van der Waals surface area contributed by atoms with Crippen molar-refractivity contribution in [3.63, 3.8) is 0 Å². The van der Waals surface area contributed by atoms with E-state index in [0.29, 0.717) is 12.7 Å². The Kier molecular flexibility index (Phi) is 11.0. The Hall–Kier alpha value is -1.13. The summed E-state index contributed by atoms with van der Waals surface area (Å²) < 4.78 is 24.4. The number of rotatable bonds is 8. The maximum absolute atomic E-state index is 13.1. The van der Waals surface area contributed by atoms with Crippen LogP contribution in [0.4, 0.5) is 10.1 Å². The number of hydrogen-bond acceptors (Lipinski definition) is 4. The average Bonchev–Trinajstić information content (AvgIpc) is 3.24. The lowest BCUT2D eigenvalue weighted by atomic mass is 10.2. The molecule has 0 spiro atoms. The summed E-state index contributed by atoms with van der Waals surface area (Å²) in [6.45, 7) is 9.61. The van der Waals surface area contributed by atoms with E-state index in [4.69, 9.17) is 14.5 Å². The molecule has 1 aromatic carbocycles. The van der Waals surface area contributed by atoms with E-state index in [-0.39, 0.29) is 29.8 Å². The van der Waals surface area contributed by atoms with E-state index >= 15 is 0 Å². The Morgan fingerprint density at radius 2 is 2.00 bits per heavy atom. The molecule has 6 nitrogen and oxygen atoms in total. The normalized spacial score (nSPS) is 19.9. The first-order chi connectivity index (χ1) is 13.8. The zero-order valence-corrected chi connectivity index (χ0v) is 19.6. The van der Waals surface area contributed by atoms with Gasteiger partial charge in [-0.1, -0.05) is 0 Å². The molecule has 3 rings (SSSR count). The third-order valence-corrected chi connectivity index (χ3v) is 5.14. The van der Waals surface area contributed by atoms with E-state index in [1.54, 1.807) is 0 Å². The van der Waals surface area contributed by atoms with Crippen LogP contribution in [0.15, 0.2) is 29.3 Å². The predicted molar refractivity (Wildman–Crippen MR) is 126 cm³/mol. The van der Waals surface area contributed by atoms with Crippen LogP contribution < -0.4 is 10.2 Å². The minimum atomic E-state index is -0.191. The van der Waals surface area contributed by atoms with Crippen molar-refractivity contribution in [2.24, 2.45) is 4.99 Å². The van der Waals surface area contributed by atoms with E-state index in [2.05, 4.69) is 22.0 Å². The van der Waals surface area contributed by atoms with Crippen molar-refractivity contribution in [3.8, 4) is 0 Å². The number of piperazine rings is 1. The molecule has 1 N–H and O–H groups in total. The largest absolute Gasteiger partial charge is 0.379 e. The summed E-state index contributed by atoms with van der Waals surface area (Å²) in [6, 6.07) is 6.74. The van der Waals surface area contributed by atoms with Gasteiger partial charge >= 0.3 is 0 Å².